The van der Waals surface area contributed by atoms with Crippen LogP contribution in [0.15, 0.2) is 78.2 Å². The van der Waals surface area contributed by atoms with Crippen LogP contribution in [0.5, 0.6) is 0 Å². The number of hydrogen-bond donors (Lipinski definition) is 1. The fourth-order valence-electron chi connectivity index (χ4n) is 2.92. The molecule has 0 radical (unpaired) electrons. The van der Waals surface area contributed by atoms with Crippen LogP contribution < -0.4 is 5.32 Å². The quantitative estimate of drug-likeness (QED) is 0.434. The van der Waals surface area contributed by atoms with E-state index < -0.39 is 17.5 Å². The van der Waals surface area contributed by atoms with Gasteiger partial charge < -0.3 is 5.32 Å². The Morgan fingerprint density at radius 1 is 1.03 bits per heavy atom. The van der Waals surface area contributed by atoms with E-state index in [4.69, 9.17) is 0 Å². The van der Waals surface area contributed by atoms with Crippen LogP contribution in [0, 0.1) is 11.6 Å². The zero-order valence-corrected chi connectivity index (χ0v) is 17.0. The molecule has 0 aliphatic heterocycles. The number of halogens is 2. The number of nitrogens with zero attached hydrogens (tertiary/aromatic N) is 4. The highest BCUT2D eigenvalue weighted by molar-refractivity contribution is 7.99. The number of amides is 1. The highest BCUT2D eigenvalue weighted by Gasteiger charge is 2.17. The van der Waals surface area contributed by atoms with E-state index in [1.165, 1.54) is 17.8 Å². The third-order valence-electron chi connectivity index (χ3n) is 4.36. The fourth-order valence-corrected chi connectivity index (χ4v) is 3.66. The molecular weight excluding hydrogens is 420 g/mol. The molecule has 0 bridgehead atoms. The van der Waals surface area contributed by atoms with E-state index >= 15 is 0 Å². The van der Waals surface area contributed by atoms with Crippen molar-refractivity contribution in [2.45, 2.75) is 11.7 Å². The summed E-state index contributed by atoms with van der Waals surface area (Å²) in [7, 11) is 0. The summed E-state index contributed by atoms with van der Waals surface area (Å²) in [4.78, 5) is 16.4. The van der Waals surface area contributed by atoms with Crippen molar-refractivity contribution in [2.24, 2.45) is 0 Å². The van der Waals surface area contributed by atoms with Gasteiger partial charge >= 0.3 is 0 Å². The molecule has 4 aromatic rings. The summed E-state index contributed by atoms with van der Waals surface area (Å²) >= 11 is 1.18. The van der Waals surface area contributed by atoms with E-state index in [0.717, 1.165) is 23.3 Å². The van der Waals surface area contributed by atoms with Crippen LogP contribution in [0.4, 0.5) is 14.5 Å². The molecule has 2 aromatic heterocycles. The maximum Gasteiger partial charge on any atom is 0.234 e. The molecule has 1 amide bonds. The zero-order valence-electron chi connectivity index (χ0n) is 16.2. The first-order valence-corrected chi connectivity index (χ1v) is 10.3. The Balaban J connectivity index is 1.53. The second-order valence-electron chi connectivity index (χ2n) is 6.58. The Bertz CT molecular complexity index is 1190. The normalized spacial score (nSPS) is 10.8. The first kappa shape index (κ1) is 20.7. The maximum absolute atomic E-state index is 13.8. The molecule has 9 heteroatoms. The Morgan fingerprint density at radius 2 is 1.87 bits per heavy atom. The summed E-state index contributed by atoms with van der Waals surface area (Å²) in [5.41, 5.74) is 1.77. The predicted molar refractivity (Wildman–Crippen MR) is 115 cm³/mol. The third kappa shape index (κ3) is 5.13. The van der Waals surface area contributed by atoms with Crippen molar-refractivity contribution in [3.8, 4) is 11.4 Å². The van der Waals surface area contributed by atoms with Crippen molar-refractivity contribution < 1.29 is 13.6 Å². The summed E-state index contributed by atoms with van der Waals surface area (Å²) in [6.07, 6.45) is 3.37. The van der Waals surface area contributed by atoms with Gasteiger partial charge in [-0.2, -0.15) is 0 Å². The van der Waals surface area contributed by atoms with E-state index in [1.54, 1.807) is 12.4 Å². The molecule has 0 spiro atoms. The van der Waals surface area contributed by atoms with Crippen LogP contribution in [0.1, 0.15) is 5.56 Å². The van der Waals surface area contributed by atoms with Gasteiger partial charge in [0, 0.05) is 24.0 Å². The van der Waals surface area contributed by atoms with E-state index in [1.807, 2.05) is 47.0 Å². The minimum absolute atomic E-state index is 0.0171. The van der Waals surface area contributed by atoms with Crippen LogP contribution in [0.25, 0.3) is 11.4 Å². The maximum atomic E-state index is 13.8. The Kier molecular flexibility index (Phi) is 6.32. The van der Waals surface area contributed by atoms with Crippen molar-refractivity contribution in [1.29, 1.82) is 0 Å². The lowest BCUT2D eigenvalue weighted by atomic mass is 10.2. The van der Waals surface area contributed by atoms with Crippen molar-refractivity contribution in [2.75, 3.05) is 11.1 Å². The van der Waals surface area contributed by atoms with Gasteiger partial charge in [-0.25, -0.2) is 8.78 Å². The second kappa shape index (κ2) is 9.48. The molecule has 0 aliphatic rings. The highest BCUT2D eigenvalue weighted by atomic mass is 32.2. The molecule has 6 nitrogen and oxygen atoms in total. The highest BCUT2D eigenvalue weighted by Crippen LogP contribution is 2.25. The number of aromatic nitrogens is 4. The molecule has 0 aliphatic carbocycles. The second-order valence-corrected chi connectivity index (χ2v) is 7.52. The van der Waals surface area contributed by atoms with Gasteiger partial charge in [-0.3, -0.25) is 14.3 Å². The number of carbonyl (C=O) groups excluding carboxylic acids is 1. The van der Waals surface area contributed by atoms with E-state index in [0.29, 0.717) is 17.5 Å². The Morgan fingerprint density at radius 3 is 2.61 bits per heavy atom. The molecule has 156 valence electrons. The lowest BCUT2D eigenvalue weighted by Gasteiger charge is -2.11. The van der Waals surface area contributed by atoms with Gasteiger partial charge in [0.1, 0.15) is 11.6 Å². The number of nitrogens with one attached hydrogen (secondary N) is 1. The standard InChI is InChI=1S/C22H17F2N5OS/c23-17-8-9-19(18(24)11-17)26-20(30)14-31-22-28-27-21(16-7-4-10-25-12-16)29(22)13-15-5-2-1-3-6-15/h1-12H,13-14H2,(H,26,30). The zero-order chi connectivity index (χ0) is 21.6. The first-order chi connectivity index (χ1) is 15.1. The summed E-state index contributed by atoms with van der Waals surface area (Å²) in [5.74, 6) is -1.36. The third-order valence-corrected chi connectivity index (χ3v) is 5.32. The van der Waals surface area contributed by atoms with Crippen LogP contribution in [-0.4, -0.2) is 31.4 Å². The molecule has 2 aromatic carbocycles. The van der Waals surface area contributed by atoms with Crippen LogP contribution >= 0.6 is 11.8 Å². The summed E-state index contributed by atoms with van der Waals surface area (Å²) < 4.78 is 28.7. The molecule has 1 N–H and O–H groups in total. The lowest BCUT2D eigenvalue weighted by molar-refractivity contribution is -0.113. The van der Waals surface area contributed by atoms with Crippen LogP contribution in [-0.2, 0) is 11.3 Å². The van der Waals surface area contributed by atoms with Crippen molar-refractivity contribution in [3.05, 3.63) is 90.3 Å². The van der Waals surface area contributed by atoms with Gasteiger partial charge in [-0.15, -0.1) is 10.2 Å². The van der Waals surface area contributed by atoms with Gasteiger partial charge in [-0.1, -0.05) is 42.1 Å². The summed E-state index contributed by atoms with van der Waals surface area (Å²) in [6, 6.07) is 16.5. The fraction of sp³-hybridized carbons (Fsp3) is 0.0909. The Labute approximate surface area is 181 Å². The summed E-state index contributed by atoms with van der Waals surface area (Å²) in [6.45, 7) is 0.509. The van der Waals surface area contributed by atoms with Gasteiger partial charge in [0.05, 0.1) is 18.0 Å². The number of rotatable bonds is 7. The first-order valence-electron chi connectivity index (χ1n) is 9.35. The number of benzene rings is 2. The van der Waals surface area contributed by atoms with Crippen molar-refractivity contribution in [1.82, 2.24) is 19.7 Å². The van der Waals surface area contributed by atoms with Gasteiger partial charge in [0.15, 0.2) is 11.0 Å². The molecule has 0 saturated carbocycles. The molecule has 31 heavy (non-hydrogen) atoms. The molecule has 0 atom stereocenters. The number of thioether (sulfide) groups is 1. The SMILES string of the molecule is O=C(CSc1nnc(-c2cccnc2)n1Cc1ccccc1)Nc1ccc(F)cc1F. The van der Waals surface area contributed by atoms with Gasteiger partial charge in [0.25, 0.3) is 0 Å². The van der Waals surface area contributed by atoms with Crippen molar-refractivity contribution in [3.63, 3.8) is 0 Å². The topological polar surface area (TPSA) is 72.7 Å². The van der Waals surface area contributed by atoms with E-state index in [-0.39, 0.29) is 11.4 Å². The average Bonchev–Trinajstić information content (AvgIpc) is 3.18. The minimum atomic E-state index is -0.829. The molecule has 0 fully saturated rings. The molecule has 2 heterocycles. The predicted octanol–water partition coefficient (Wildman–Crippen LogP) is 4.40. The summed E-state index contributed by atoms with van der Waals surface area (Å²) in [5, 5.41) is 11.5. The molecule has 0 saturated heterocycles. The smallest absolute Gasteiger partial charge is 0.234 e. The molecular formula is C22H17F2N5OS. The van der Waals surface area contributed by atoms with Gasteiger partial charge in [-0.05, 0) is 29.8 Å². The van der Waals surface area contributed by atoms with Crippen molar-refractivity contribution >= 4 is 23.4 Å². The van der Waals surface area contributed by atoms with Crippen LogP contribution in [0.3, 0.4) is 0 Å². The number of pyridine rings is 1. The average molecular weight is 437 g/mol. The number of hydrogen-bond acceptors (Lipinski definition) is 5. The van der Waals surface area contributed by atoms with Crippen LogP contribution in [0.2, 0.25) is 0 Å². The number of carbonyl (C=O) groups is 1. The molecule has 4 rings (SSSR count). The Hall–Kier alpha value is -3.59. The van der Waals surface area contributed by atoms with Gasteiger partial charge in [0.2, 0.25) is 5.91 Å². The monoisotopic (exact) mass is 437 g/mol. The van der Waals surface area contributed by atoms with E-state index in [9.17, 15) is 13.6 Å². The minimum Gasteiger partial charge on any atom is -0.323 e. The largest absolute Gasteiger partial charge is 0.323 e. The van der Waals surface area contributed by atoms with E-state index in [2.05, 4.69) is 20.5 Å². The molecule has 0 unspecified atom stereocenters. The number of anilines is 1. The lowest BCUT2D eigenvalue weighted by Crippen LogP contribution is -2.16.